The van der Waals surface area contributed by atoms with E-state index in [1.165, 1.54) is 0 Å². The molecule has 0 saturated carbocycles. The van der Waals surface area contributed by atoms with E-state index in [-0.39, 0.29) is 0 Å². The van der Waals surface area contributed by atoms with Crippen molar-refractivity contribution in [1.29, 1.82) is 0 Å². The minimum absolute atomic E-state index is 0.488. The standard InChI is InChI=1S/C17H20BrNO2/c1-11-6-13(9-19)7-12(2)17(11)21-10-14-8-15(20-3)4-5-16(14)18/h4-8H,9-10,19H2,1-3H3. The van der Waals surface area contributed by atoms with E-state index < -0.39 is 0 Å². The number of rotatable bonds is 5. The first-order valence-corrected chi connectivity index (χ1v) is 7.60. The summed E-state index contributed by atoms with van der Waals surface area (Å²) in [5, 5.41) is 0. The Morgan fingerprint density at radius 3 is 2.33 bits per heavy atom. The first-order chi connectivity index (χ1) is 10.0. The lowest BCUT2D eigenvalue weighted by Crippen LogP contribution is -2.03. The van der Waals surface area contributed by atoms with Crippen LogP contribution in [0.1, 0.15) is 22.3 Å². The second kappa shape index (κ2) is 6.96. The third-order valence-corrected chi connectivity index (χ3v) is 4.15. The van der Waals surface area contributed by atoms with Crippen molar-refractivity contribution in [2.24, 2.45) is 5.73 Å². The van der Waals surface area contributed by atoms with Crippen LogP contribution in [0.25, 0.3) is 0 Å². The minimum Gasteiger partial charge on any atom is -0.497 e. The average Bonchev–Trinajstić information content (AvgIpc) is 2.47. The maximum atomic E-state index is 6.01. The van der Waals surface area contributed by atoms with Gasteiger partial charge in [0.15, 0.2) is 0 Å². The zero-order valence-electron chi connectivity index (χ0n) is 12.6. The van der Waals surface area contributed by atoms with Gasteiger partial charge in [0.1, 0.15) is 18.1 Å². The van der Waals surface area contributed by atoms with Gasteiger partial charge in [0.25, 0.3) is 0 Å². The highest BCUT2D eigenvalue weighted by molar-refractivity contribution is 9.10. The van der Waals surface area contributed by atoms with Crippen LogP contribution in [-0.4, -0.2) is 7.11 Å². The van der Waals surface area contributed by atoms with Gasteiger partial charge in [-0.3, -0.25) is 0 Å². The Morgan fingerprint density at radius 1 is 1.10 bits per heavy atom. The molecule has 112 valence electrons. The van der Waals surface area contributed by atoms with Crippen LogP contribution in [0, 0.1) is 13.8 Å². The molecule has 0 bridgehead atoms. The van der Waals surface area contributed by atoms with Crippen LogP contribution in [0.5, 0.6) is 11.5 Å². The van der Waals surface area contributed by atoms with Gasteiger partial charge in [-0.15, -0.1) is 0 Å². The van der Waals surface area contributed by atoms with E-state index in [4.69, 9.17) is 15.2 Å². The minimum atomic E-state index is 0.488. The molecule has 0 aromatic heterocycles. The Labute approximate surface area is 134 Å². The van der Waals surface area contributed by atoms with Crippen LogP contribution in [0.4, 0.5) is 0 Å². The summed E-state index contributed by atoms with van der Waals surface area (Å²) < 4.78 is 12.3. The molecule has 0 amide bonds. The smallest absolute Gasteiger partial charge is 0.125 e. The van der Waals surface area contributed by atoms with Crippen molar-refractivity contribution in [2.45, 2.75) is 27.0 Å². The number of ether oxygens (including phenoxy) is 2. The summed E-state index contributed by atoms with van der Waals surface area (Å²) in [4.78, 5) is 0. The van der Waals surface area contributed by atoms with Crippen LogP contribution in [0.2, 0.25) is 0 Å². The predicted octanol–water partition coefficient (Wildman–Crippen LogP) is 4.11. The first-order valence-electron chi connectivity index (χ1n) is 6.80. The quantitative estimate of drug-likeness (QED) is 0.883. The molecule has 0 atom stereocenters. The molecule has 21 heavy (non-hydrogen) atoms. The van der Waals surface area contributed by atoms with Crippen LogP contribution < -0.4 is 15.2 Å². The van der Waals surface area contributed by atoms with Crippen LogP contribution in [0.3, 0.4) is 0 Å². The Kier molecular flexibility index (Phi) is 5.26. The Balaban J connectivity index is 2.20. The van der Waals surface area contributed by atoms with Crippen molar-refractivity contribution in [1.82, 2.24) is 0 Å². The van der Waals surface area contributed by atoms with Gasteiger partial charge < -0.3 is 15.2 Å². The molecule has 0 saturated heterocycles. The fourth-order valence-electron chi connectivity index (χ4n) is 2.32. The predicted molar refractivity (Wildman–Crippen MR) is 88.8 cm³/mol. The highest BCUT2D eigenvalue weighted by Gasteiger charge is 2.08. The first kappa shape index (κ1) is 15.9. The highest BCUT2D eigenvalue weighted by Crippen LogP contribution is 2.28. The van der Waals surface area contributed by atoms with E-state index in [9.17, 15) is 0 Å². The molecular weight excluding hydrogens is 330 g/mol. The van der Waals surface area contributed by atoms with Crippen LogP contribution in [0.15, 0.2) is 34.8 Å². The Hall–Kier alpha value is -1.52. The molecule has 0 fully saturated rings. The molecule has 2 aromatic carbocycles. The molecule has 0 heterocycles. The summed E-state index contributed by atoms with van der Waals surface area (Å²) in [5.74, 6) is 1.74. The van der Waals surface area contributed by atoms with Gasteiger partial charge in [-0.05, 0) is 48.7 Å². The lowest BCUT2D eigenvalue weighted by atomic mass is 10.1. The number of benzene rings is 2. The van der Waals surface area contributed by atoms with Gasteiger partial charge in [-0.2, -0.15) is 0 Å². The lowest BCUT2D eigenvalue weighted by molar-refractivity contribution is 0.300. The van der Waals surface area contributed by atoms with Gasteiger partial charge in [-0.1, -0.05) is 28.1 Å². The topological polar surface area (TPSA) is 44.5 Å². The molecule has 2 rings (SSSR count). The summed E-state index contributed by atoms with van der Waals surface area (Å²) in [6.07, 6.45) is 0. The second-order valence-electron chi connectivity index (χ2n) is 5.01. The molecule has 0 aliphatic carbocycles. The Morgan fingerprint density at radius 2 is 1.76 bits per heavy atom. The van der Waals surface area contributed by atoms with Crippen LogP contribution in [-0.2, 0) is 13.2 Å². The summed E-state index contributed by atoms with van der Waals surface area (Å²) in [5.41, 5.74) is 10.1. The normalized spacial score (nSPS) is 10.5. The number of halogens is 1. The third-order valence-electron chi connectivity index (χ3n) is 3.38. The zero-order valence-corrected chi connectivity index (χ0v) is 14.2. The molecule has 2 N–H and O–H groups in total. The van der Waals surface area contributed by atoms with Crippen molar-refractivity contribution >= 4 is 15.9 Å². The molecule has 0 aliphatic heterocycles. The van der Waals surface area contributed by atoms with Gasteiger partial charge in [0.2, 0.25) is 0 Å². The summed E-state index contributed by atoms with van der Waals surface area (Å²) in [6.45, 7) is 5.12. The largest absolute Gasteiger partial charge is 0.497 e. The fraction of sp³-hybridized carbons (Fsp3) is 0.294. The summed E-state index contributed by atoms with van der Waals surface area (Å²) in [7, 11) is 1.66. The lowest BCUT2D eigenvalue weighted by Gasteiger charge is -2.15. The molecule has 4 heteroatoms. The number of hydrogen-bond donors (Lipinski definition) is 1. The number of hydrogen-bond acceptors (Lipinski definition) is 3. The second-order valence-corrected chi connectivity index (χ2v) is 5.86. The molecule has 0 aliphatic rings. The Bertz CT molecular complexity index is 618. The number of nitrogens with two attached hydrogens (primary N) is 1. The molecule has 0 spiro atoms. The molecule has 3 nitrogen and oxygen atoms in total. The SMILES string of the molecule is COc1ccc(Br)c(COc2c(C)cc(CN)cc2C)c1. The monoisotopic (exact) mass is 349 g/mol. The average molecular weight is 350 g/mol. The van der Waals surface area contributed by atoms with Crippen molar-refractivity contribution < 1.29 is 9.47 Å². The van der Waals surface area contributed by atoms with E-state index in [0.717, 1.165) is 38.2 Å². The molecule has 2 aromatic rings. The van der Waals surface area contributed by atoms with Crippen molar-refractivity contribution in [3.8, 4) is 11.5 Å². The number of methoxy groups -OCH3 is 1. The van der Waals surface area contributed by atoms with E-state index in [2.05, 4.69) is 28.1 Å². The van der Waals surface area contributed by atoms with E-state index in [1.54, 1.807) is 7.11 Å². The maximum Gasteiger partial charge on any atom is 0.125 e. The van der Waals surface area contributed by atoms with Gasteiger partial charge in [0, 0.05) is 16.6 Å². The van der Waals surface area contributed by atoms with Crippen LogP contribution >= 0.6 is 15.9 Å². The van der Waals surface area contributed by atoms with Gasteiger partial charge >= 0.3 is 0 Å². The molecule has 0 unspecified atom stereocenters. The summed E-state index contributed by atoms with van der Waals surface area (Å²) >= 11 is 3.54. The number of aryl methyl sites for hydroxylation is 2. The van der Waals surface area contributed by atoms with Crippen molar-refractivity contribution in [3.63, 3.8) is 0 Å². The van der Waals surface area contributed by atoms with E-state index >= 15 is 0 Å². The van der Waals surface area contributed by atoms with Crippen molar-refractivity contribution in [3.05, 3.63) is 57.1 Å². The van der Waals surface area contributed by atoms with E-state index in [0.29, 0.717) is 13.2 Å². The third kappa shape index (κ3) is 3.77. The highest BCUT2D eigenvalue weighted by atomic mass is 79.9. The van der Waals surface area contributed by atoms with Crippen molar-refractivity contribution in [2.75, 3.05) is 7.11 Å². The summed E-state index contributed by atoms with van der Waals surface area (Å²) in [6, 6.07) is 10.0. The zero-order chi connectivity index (χ0) is 15.4. The van der Waals surface area contributed by atoms with Gasteiger partial charge in [-0.25, -0.2) is 0 Å². The van der Waals surface area contributed by atoms with E-state index in [1.807, 2.05) is 32.0 Å². The molecule has 0 radical (unpaired) electrons. The fourth-order valence-corrected chi connectivity index (χ4v) is 2.69. The van der Waals surface area contributed by atoms with Gasteiger partial charge in [0.05, 0.1) is 7.11 Å². The molecular formula is C17H20BrNO2. The maximum absolute atomic E-state index is 6.01.